The van der Waals surface area contributed by atoms with Gasteiger partial charge < -0.3 is 24.6 Å². The molecule has 0 spiro atoms. The van der Waals surface area contributed by atoms with Crippen LogP contribution in [0.5, 0.6) is 0 Å². The minimum Gasteiger partial charge on any atom is -0.481 e. The number of morpholine rings is 1. The van der Waals surface area contributed by atoms with Gasteiger partial charge in [-0.3, -0.25) is 9.78 Å². The Balaban J connectivity index is 1.27. The maximum atomic E-state index is 13.6. The van der Waals surface area contributed by atoms with Crippen LogP contribution in [0.25, 0.3) is 11.4 Å². The molecule has 0 amide bonds. The predicted octanol–water partition coefficient (Wildman–Crippen LogP) is 6.84. The quantitative estimate of drug-likeness (QED) is 0.283. The molecule has 0 aromatic carbocycles. The van der Waals surface area contributed by atoms with Gasteiger partial charge in [-0.15, -0.1) is 0 Å². The fraction of sp³-hybridized carbons (Fsp3) is 0.762. The third-order valence-corrected chi connectivity index (χ3v) is 16.3. The maximum absolute atomic E-state index is 13.6. The molecule has 2 N–H and O–H groups in total. The number of allylic oxidation sites excluding steroid dienone is 1. The third kappa shape index (κ3) is 5.16. The number of pyridine rings is 1. The van der Waals surface area contributed by atoms with Crippen molar-refractivity contribution in [3.8, 4) is 11.4 Å². The lowest BCUT2D eigenvalue weighted by Crippen LogP contribution is -2.70. The molecule has 2 saturated heterocycles. The van der Waals surface area contributed by atoms with Crippen LogP contribution >= 0.6 is 0 Å². The molecule has 12 atom stereocenters. The molecule has 52 heavy (non-hydrogen) atoms. The number of carboxylic acid groups (broad SMARTS) is 1. The van der Waals surface area contributed by atoms with E-state index in [9.17, 15) is 9.90 Å². The van der Waals surface area contributed by atoms with Crippen LogP contribution < -0.4 is 5.32 Å². The highest BCUT2D eigenvalue weighted by Gasteiger charge is 2.72. The summed E-state index contributed by atoms with van der Waals surface area (Å²) in [6.45, 7) is 20.3. The van der Waals surface area contributed by atoms with Crippen molar-refractivity contribution in [1.82, 2.24) is 25.1 Å². The van der Waals surface area contributed by atoms with E-state index in [1.807, 2.05) is 24.5 Å². The van der Waals surface area contributed by atoms with Gasteiger partial charge in [0, 0.05) is 29.9 Å². The molecular weight excluding hydrogens is 654 g/mol. The summed E-state index contributed by atoms with van der Waals surface area (Å²) in [5, 5.41) is 19.8. The van der Waals surface area contributed by atoms with E-state index in [4.69, 9.17) is 24.3 Å². The fourth-order valence-corrected chi connectivity index (χ4v) is 13.2. The van der Waals surface area contributed by atoms with Crippen LogP contribution in [-0.2, 0) is 19.0 Å². The Morgan fingerprint density at radius 1 is 1.08 bits per heavy atom. The lowest BCUT2D eigenvalue weighted by Gasteiger charge is -2.71. The molecule has 4 heterocycles. The Morgan fingerprint density at radius 3 is 2.58 bits per heavy atom. The fourth-order valence-electron chi connectivity index (χ4n) is 13.2. The summed E-state index contributed by atoms with van der Waals surface area (Å²) < 4.78 is 22.2. The molecule has 5 fully saturated rings. The van der Waals surface area contributed by atoms with E-state index in [0.717, 1.165) is 56.5 Å². The van der Waals surface area contributed by atoms with E-state index in [1.54, 1.807) is 6.33 Å². The van der Waals surface area contributed by atoms with Gasteiger partial charge in [-0.05, 0) is 96.0 Å². The van der Waals surface area contributed by atoms with Gasteiger partial charge >= 0.3 is 5.97 Å². The highest BCUT2D eigenvalue weighted by Crippen LogP contribution is 2.75. The van der Waals surface area contributed by atoms with Crippen molar-refractivity contribution in [1.29, 1.82) is 0 Å². The first-order chi connectivity index (χ1) is 24.8. The van der Waals surface area contributed by atoms with Gasteiger partial charge in [-0.2, -0.15) is 5.10 Å². The number of nitrogens with zero attached hydrogens (tertiary/aromatic N) is 4. The molecule has 2 aromatic heterocycles. The molecule has 0 radical (unpaired) electrons. The van der Waals surface area contributed by atoms with Crippen molar-refractivity contribution < 1.29 is 24.1 Å². The van der Waals surface area contributed by atoms with Crippen LogP contribution in [0.3, 0.4) is 0 Å². The number of aromatic nitrogens is 4. The van der Waals surface area contributed by atoms with Crippen LogP contribution in [0.1, 0.15) is 93.0 Å². The van der Waals surface area contributed by atoms with Crippen LogP contribution in [-0.4, -0.2) is 82.5 Å². The molecule has 2 aliphatic heterocycles. The minimum atomic E-state index is -0.628. The van der Waals surface area contributed by atoms with Gasteiger partial charge in [-0.25, -0.2) is 9.67 Å². The lowest BCUT2D eigenvalue weighted by atomic mass is 9.34. The summed E-state index contributed by atoms with van der Waals surface area (Å²) >= 11 is 0. The summed E-state index contributed by atoms with van der Waals surface area (Å²) in [6.07, 6.45) is 13.3. The molecule has 1 unspecified atom stereocenters. The second-order valence-electron chi connectivity index (χ2n) is 18.9. The first kappa shape index (κ1) is 36.3. The summed E-state index contributed by atoms with van der Waals surface area (Å²) in [5.41, 5.74) is 1.12. The second kappa shape index (κ2) is 13.0. The van der Waals surface area contributed by atoms with Crippen molar-refractivity contribution in [3.63, 3.8) is 0 Å². The molecule has 6 aliphatic rings. The number of carboxylic acids is 1. The number of aliphatic carboxylic acids is 1. The van der Waals surface area contributed by atoms with Gasteiger partial charge in [0.15, 0.2) is 5.82 Å². The molecule has 2 aromatic rings. The van der Waals surface area contributed by atoms with E-state index in [2.05, 4.69) is 69.5 Å². The molecule has 10 nitrogen and oxygen atoms in total. The Labute approximate surface area is 309 Å². The zero-order valence-corrected chi connectivity index (χ0v) is 32.4. The zero-order valence-electron chi connectivity index (χ0n) is 32.4. The first-order valence-electron chi connectivity index (χ1n) is 20.0. The number of rotatable bonds is 8. The normalized spacial score (nSPS) is 43.5. The number of hydrogen-bond acceptors (Lipinski definition) is 8. The van der Waals surface area contributed by atoms with Gasteiger partial charge in [0.05, 0.1) is 57.1 Å². The number of ether oxygens (including phenoxy) is 3. The molecule has 2 bridgehead atoms. The van der Waals surface area contributed by atoms with E-state index < -0.39 is 11.9 Å². The Kier molecular flexibility index (Phi) is 9.07. The molecular formula is C42H61N5O5. The largest absolute Gasteiger partial charge is 0.481 e. The standard InChI is InChI=1S/C42H61N5O5/c1-26(2)27(3)39(5)14-15-40(6)30-8-9-33-38(4)20-32(47-36(45-25-46-47)28-11-16-43-17-12-28)35(52-22-29-21-50-19-18-44-29)42(33,24-51-23-38)31(30)10-13-41(40,7)34(39)37(48)49/h10-12,16-17,25-27,29-30,32-35,44H,8-9,13-15,18-24H2,1-7H3,(H,48,49)/t27-,29?,30+,32-,33-,34-,35+,38-,39-,40-,41+,42+/m1/s1. The van der Waals surface area contributed by atoms with Crippen molar-refractivity contribution in [2.24, 2.45) is 56.7 Å². The number of nitrogens with one attached hydrogen (secondary N) is 1. The van der Waals surface area contributed by atoms with Crippen LogP contribution in [0.4, 0.5) is 0 Å². The monoisotopic (exact) mass is 715 g/mol. The van der Waals surface area contributed by atoms with Gasteiger partial charge in [0.2, 0.25) is 0 Å². The van der Waals surface area contributed by atoms with Crippen LogP contribution in [0, 0.1) is 56.7 Å². The first-order valence-corrected chi connectivity index (χ1v) is 20.0. The maximum Gasteiger partial charge on any atom is 0.307 e. The Hall–Kier alpha value is -2.66. The van der Waals surface area contributed by atoms with Crippen molar-refractivity contribution in [3.05, 3.63) is 42.5 Å². The summed E-state index contributed by atoms with van der Waals surface area (Å²) in [6, 6.07) is 4.04. The topological polar surface area (TPSA) is 121 Å². The average Bonchev–Trinajstić information content (AvgIpc) is 3.62. The minimum absolute atomic E-state index is 0.0746. The van der Waals surface area contributed by atoms with Crippen molar-refractivity contribution >= 4 is 5.97 Å². The van der Waals surface area contributed by atoms with E-state index in [1.165, 1.54) is 5.57 Å². The Morgan fingerprint density at radius 2 is 1.87 bits per heavy atom. The molecule has 10 heteroatoms. The zero-order chi connectivity index (χ0) is 36.7. The SMILES string of the molecule is CC(C)[C@@H](C)[C@@]1(C)CC[C@]2(C)[C@H]3CC[C@@H]4[C@@]5(C)COC[C@@]4(C3=CC[C@@]2(C)[C@@H]1C(=O)O)[C@@H](OCC1COCCN1)[C@H](n1ncnc1-c1ccncc1)C5. The number of fused-ring (bicyclic) bond motifs is 3. The van der Waals surface area contributed by atoms with Gasteiger partial charge in [0.25, 0.3) is 0 Å². The van der Waals surface area contributed by atoms with E-state index >= 15 is 0 Å². The van der Waals surface area contributed by atoms with Gasteiger partial charge in [0.1, 0.15) is 6.33 Å². The highest BCUT2D eigenvalue weighted by molar-refractivity contribution is 5.73. The summed E-state index contributed by atoms with van der Waals surface area (Å²) in [5.74, 6) is 1.10. The molecule has 284 valence electrons. The smallest absolute Gasteiger partial charge is 0.307 e. The van der Waals surface area contributed by atoms with E-state index in [-0.39, 0.29) is 51.2 Å². The number of carbonyl (C=O) groups is 1. The number of hydrogen-bond donors (Lipinski definition) is 2. The molecule has 8 rings (SSSR count). The van der Waals surface area contributed by atoms with Gasteiger partial charge in [-0.1, -0.05) is 60.1 Å². The second-order valence-corrected chi connectivity index (χ2v) is 18.9. The highest BCUT2D eigenvalue weighted by atomic mass is 16.5. The average molecular weight is 716 g/mol. The predicted molar refractivity (Wildman–Crippen MR) is 198 cm³/mol. The Bertz CT molecular complexity index is 1680. The van der Waals surface area contributed by atoms with Crippen molar-refractivity contribution in [2.75, 3.05) is 39.6 Å². The third-order valence-electron chi connectivity index (χ3n) is 16.3. The molecule has 4 aliphatic carbocycles. The van der Waals surface area contributed by atoms with E-state index in [0.29, 0.717) is 50.8 Å². The molecule has 3 saturated carbocycles. The van der Waals surface area contributed by atoms with Crippen LogP contribution in [0.15, 0.2) is 42.5 Å². The lowest BCUT2D eigenvalue weighted by molar-refractivity contribution is -0.253. The van der Waals surface area contributed by atoms with Crippen molar-refractivity contribution in [2.45, 2.75) is 105 Å². The van der Waals surface area contributed by atoms with Crippen LogP contribution in [0.2, 0.25) is 0 Å². The summed E-state index contributed by atoms with van der Waals surface area (Å²) in [4.78, 5) is 22.7. The summed E-state index contributed by atoms with van der Waals surface area (Å²) in [7, 11) is 0.